The largest absolute Gasteiger partial charge is 0.448 e. The minimum absolute atomic E-state index is 0.00519. The van der Waals surface area contributed by atoms with Gasteiger partial charge in [-0.1, -0.05) is 0 Å². The first-order valence-electron chi connectivity index (χ1n) is 14.2. The minimum Gasteiger partial charge on any atom is -0.448 e. The lowest BCUT2D eigenvalue weighted by atomic mass is 9.92. The van der Waals surface area contributed by atoms with Crippen molar-refractivity contribution in [3.05, 3.63) is 12.2 Å². The number of nitrogens with zero attached hydrogens (tertiary/aromatic N) is 6. The zero-order valence-electron chi connectivity index (χ0n) is 22.9. The third kappa shape index (κ3) is 5.53. The second-order valence-corrected chi connectivity index (χ2v) is 11.5. The highest BCUT2D eigenvalue weighted by atomic mass is 16.6. The Kier molecular flexibility index (Phi) is 7.42. The van der Waals surface area contributed by atoms with Crippen LogP contribution in [0.5, 0.6) is 0 Å². The molecule has 3 unspecified atom stereocenters. The summed E-state index contributed by atoms with van der Waals surface area (Å²) in [5.41, 5.74) is 6.87. The van der Waals surface area contributed by atoms with E-state index in [-0.39, 0.29) is 36.4 Å². The lowest BCUT2D eigenvalue weighted by Crippen LogP contribution is -2.52. The van der Waals surface area contributed by atoms with Crippen LogP contribution in [0.2, 0.25) is 0 Å². The molecule has 1 aliphatic carbocycles. The van der Waals surface area contributed by atoms with E-state index in [9.17, 15) is 24.6 Å². The van der Waals surface area contributed by atoms with Gasteiger partial charge in [-0.05, 0) is 38.0 Å². The first-order chi connectivity index (χ1) is 19.7. The van der Waals surface area contributed by atoms with Gasteiger partial charge in [0.25, 0.3) is 5.91 Å². The average molecular weight is 573 g/mol. The Labute approximate surface area is 236 Å². The number of likely N-dealkylation sites (tertiary alicyclic amines) is 2. The maximum absolute atomic E-state index is 12.5. The first kappa shape index (κ1) is 27.6. The van der Waals surface area contributed by atoms with Gasteiger partial charge in [0.05, 0.1) is 12.2 Å². The summed E-state index contributed by atoms with van der Waals surface area (Å²) >= 11 is 0. The van der Waals surface area contributed by atoms with Crippen LogP contribution in [0.3, 0.4) is 0 Å². The Morgan fingerprint density at radius 2 is 1.93 bits per heavy atom. The third-order valence-electron chi connectivity index (χ3n) is 8.47. The molecule has 0 spiro atoms. The summed E-state index contributed by atoms with van der Waals surface area (Å²) in [7, 11) is 1.73. The van der Waals surface area contributed by atoms with E-state index < -0.39 is 30.4 Å². The maximum atomic E-state index is 12.5. The number of aliphatic hydroxyl groups excluding tert-OH is 2. The number of aryl methyl sites for hydroxylation is 1. The Bertz CT molecular complexity index is 1320. The molecule has 0 bridgehead atoms. The first-order valence-corrected chi connectivity index (χ1v) is 14.2. The van der Waals surface area contributed by atoms with E-state index in [2.05, 4.69) is 20.3 Å². The molecule has 3 amide bonds. The Morgan fingerprint density at radius 3 is 2.61 bits per heavy atom. The number of piperidine rings is 1. The van der Waals surface area contributed by atoms with Crippen molar-refractivity contribution in [3.8, 4) is 0 Å². The molecule has 0 radical (unpaired) electrons. The van der Waals surface area contributed by atoms with Crippen LogP contribution in [-0.2, 0) is 25.5 Å². The summed E-state index contributed by atoms with van der Waals surface area (Å²) in [5.74, 6) is 0.363. The highest BCUT2D eigenvalue weighted by molar-refractivity contribution is 5.85. The van der Waals surface area contributed by atoms with E-state index in [1.54, 1.807) is 16.8 Å². The van der Waals surface area contributed by atoms with Crippen molar-refractivity contribution in [3.63, 3.8) is 0 Å². The molecule has 5 heterocycles. The molecule has 0 aromatic carbocycles. The van der Waals surface area contributed by atoms with Gasteiger partial charge < -0.3 is 40.5 Å². The summed E-state index contributed by atoms with van der Waals surface area (Å²) in [6.45, 7) is 1.88. The molecule has 15 heteroatoms. The fourth-order valence-corrected chi connectivity index (χ4v) is 5.72. The summed E-state index contributed by atoms with van der Waals surface area (Å²) in [6.07, 6.45) is 0.699. The van der Waals surface area contributed by atoms with Gasteiger partial charge in [0.1, 0.15) is 30.2 Å². The molecule has 6 rings (SSSR count). The number of aromatic nitrogens is 4. The van der Waals surface area contributed by atoms with Crippen molar-refractivity contribution >= 4 is 34.9 Å². The Hall–Kier alpha value is -3.56. The number of hydrogen-bond acceptors (Lipinski definition) is 11. The van der Waals surface area contributed by atoms with E-state index in [1.165, 1.54) is 10.9 Å². The molecule has 222 valence electrons. The summed E-state index contributed by atoms with van der Waals surface area (Å²) < 4.78 is 12.6. The van der Waals surface area contributed by atoms with E-state index in [0.29, 0.717) is 49.0 Å². The monoisotopic (exact) mass is 572 g/mol. The number of imidazole rings is 1. The molecule has 5 atom stereocenters. The van der Waals surface area contributed by atoms with E-state index in [1.807, 2.05) is 0 Å². The van der Waals surface area contributed by atoms with Crippen LogP contribution in [0.1, 0.15) is 44.2 Å². The van der Waals surface area contributed by atoms with Crippen molar-refractivity contribution < 1.29 is 34.1 Å². The highest BCUT2D eigenvalue weighted by Crippen LogP contribution is 2.33. The molecular weight excluding hydrogens is 536 g/mol. The van der Waals surface area contributed by atoms with Crippen LogP contribution in [-0.4, -0.2) is 115 Å². The third-order valence-corrected chi connectivity index (χ3v) is 8.47. The van der Waals surface area contributed by atoms with Crippen LogP contribution in [0, 0.1) is 11.8 Å². The number of β-lactam (4-membered cyclic amide) rings is 1. The van der Waals surface area contributed by atoms with E-state index >= 15 is 0 Å². The zero-order valence-corrected chi connectivity index (χ0v) is 22.9. The summed E-state index contributed by atoms with van der Waals surface area (Å²) in [4.78, 5) is 53.2. The van der Waals surface area contributed by atoms with Crippen molar-refractivity contribution in [2.75, 3.05) is 39.0 Å². The number of nitrogens with two attached hydrogens (primary N) is 1. The van der Waals surface area contributed by atoms with E-state index in [0.717, 1.165) is 32.1 Å². The number of anilines is 1. The minimum atomic E-state index is -1.40. The van der Waals surface area contributed by atoms with Crippen molar-refractivity contribution in [1.29, 1.82) is 0 Å². The Morgan fingerprint density at radius 1 is 1.17 bits per heavy atom. The van der Waals surface area contributed by atoms with Crippen LogP contribution in [0.25, 0.3) is 11.2 Å². The molecule has 5 N–H and O–H groups in total. The normalized spacial score (nSPS) is 28.7. The molecule has 2 aromatic heterocycles. The van der Waals surface area contributed by atoms with Gasteiger partial charge in [-0.3, -0.25) is 14.2 Å². The SMILES string of the molecule is CN1CC(COC(=O)N2CCC(CCc3nc(N)c4ncn([C@@H]5O[C@H](C(=O)NC6CC6)C(O)C5O)c4n3)CC2)C1=O. The maximum Gasteiger partial charge on any atom is 0.409 e. The number of hydrogen-bond donors (Lipinski definition) is 4. The topological polar surface area (TPSA) is 198 Å². The number of nitrogens with one attached hydrogen (secondary N) is 1. The molecule has 3 saturated heterocycles. The molecule has 4 fully saturated rings. The van der Waals surface area contributed by atoms with Gasteiger partial charge in [-0.2, -0.15) is 0 Å². The van der Waals surface area contributed by atoms with Crippen LogP contribution >= 0.6 is 0 Å². The lowest BCUT2D eigenvalue weighted by molar-refractivity contribution is -0.147. The molecule has 4 aliphatic rings. The zero-order chi connectivity index (χ0) is 28.8. The Balaban J connectivity index is 1.04. The number of carbonyl (C=O) groups is 3. The molecule has 3 aliphatic heterocycles. The molecule has 2 aromatic rings. The van der Waals surface area contributed by atoms with Crippen molar-refractivity contribution in [2.45, 2.75) is 69.1 Å². The van der Waals surface area contributed by atoms with Gasteiger partial charge in [-0.25, -0.2) is 19.7 Å². The molecule has 1 saturated carbocycles. The second kappa shape index (κ2) is 11.0. The van der Waals surface area contributed by atoms with Gasteiger partial charge in [0.15, 0.2) is 23.8 Å². The number of ether oxygens (including phenoxy) is 2. The fourth-order valence-electron chi connectivity index (χ4n) is 5.72. The number of fused-ring (bicyclic) bond motifs is 1. The predicted molar refractivity (Wildman–Crippen MR) is 142 cm³/mol. The molecule has 41 heavy (non-hydrogen) atoms. The van der Waals surface area contributed by atoms with Crippen LogP contribution < -0.4 is 11.1 Å². The van der Waals surface area contributed by atoms with Gasteiger partial charge >= 0.3 is 6.09 Å². The predicted octanol–water partition coefficient (Wildman–Crippen LogP) is -0.824. The standard InChI is InChI=1S/C26H36N8O7/c1-32-10-14(24(32)38)11-40-26(39)33-8-6-13(7-9-33)2-5-16-30-21(27)17-22(31-16)34(12-28-17)25-19(36)18(35)20(41-25)23(37)29-15-3-4-15/h12-15,18-20,25,35-36H,2-11H2,1H3,(H,29,37)(H2,27,30,31)/t14?,18?,19?,20-,25+/m0/s1. The number of rotatable bonds is 8. The van der Waals surface area contributed by atoms with Gasteiger partial charge in [0.2, 0.25) is 5.91 Å². The average Bonchev–Trinajstić information content (AvgIpc) is 3.60. The number of aliphatic hydroxyl groups is 2. The van der Waals surface area contributed by atoms with E-state index in [4.69, 9.17) is 15.2 Å². The number of amides is 3. The van der Waals surface area contributed by atoms with Crippen LogP contribution in [0.15, 0.2) is 6.33 Å². The smallest absolute Gasteiger partial charge is 0.409 e. The van der Waals surface area contributed by atoms with Crippen LogP contribution in [0.4, 0.5) is 10.6 Å². The fraction of sp³-hybridized carbons (Fsp3) is 0.692. The number of carbonyl (C=O) groups excluding carboxylic acids is 3. The highest BCUT2D eigenvalue weighted by Gasteiger charge is 2.48. The number of nitrogen functional groups attached to an aromatic ring is 1. The summed E-state index contributed by atoms with van der Waals surface area (Å²) in [5, 5.41) is 24.0. The second-order valence-electron chi connectivity index (χ2n) is 11.5. The van der Waals surface area contributed by atoms with Crippen molar-refractivity contribution in [1.82, 2.24) is 34.6 Å². The molecule has 15 nitrogen and oxygen atoms in total. The quantitative estimate of drug-likeness (QED) is 0.288. The molecular formula is C26H36N8O7. The summed E-state index contributed by atoms with van der Waals surface area (Å²) in [6, 6.07) is 0.0890. The van der Waals surface area contributed by atoms with Gasteiger partial charge in [-0.15, -0.1) is 0 Å². The lowest BCUT2D eigenvalue weighted by Gasteiger charge is -2.36. The van der Waals surface area contributed by atoms with Gasteiger partial charge in [0, 0.05) is 39.1 Å². The van der Waals surface area contributed by atoms with Crippen molar-refractivity contribution in [2.24, 2.45) is 11.8 Å².